The van der Waals surface area contributed by atoms with Crippen LogP contribution in [-0.2, 0) is 18.9 Å². The Morgan fingerprint density at radius 2 is 1.77 bits per heavy atom. The lowest BCUT2D eigenvalue weighted by Crippen LogP contribution is -2.83. The zero-order valence-corrected chi connectivity index (χ0v) is 19.6. The van der Waals surface area contributed by atoms with Crippen molar-refractivity contribution in [1.29, 1.82) is 0 Å². The molecule has 0 aromatic heterocycles. The van der Waals surface area contributed by atoms with E-state index in [0.29, 0.717) is 12.2 Å². The first-order valence-electron chi connectivity index (χ1n) is 11.0. The minimum atomic E-state index is -1.63. The van der Waals surface area contributed by atoms with Gasteiger partial charge in [0.15, 0.2) is 11.4 Å². The summed E-state index contributed by atoms with van der Waals surface area (Å²) in [6.07, 6.45) is 3.20. The molecule has 8 atom stereocenters. The number of aliphatic hydroxyl groups excluding tert-OH is 1. The highest BCUT2D eigenvalue weighted by molar-refractivity contribution is 5.40. The molecule has 4 rings (SSSR count). The molecule has 2 aliphatic heterocycles. The van der Waals surface area contributed by atoms with Gasteiger partial charge in [0.05, 0.1) is 19.3 Å². The van der Waals surface area contributed by atoms with Crippen LogP contribution in [-0.4, -0.2) is 58.2 Å². The van der Waals surface area contributed by atoms with E-state index in [1.165, 1.54) is 0 Å². The number of hydrogen-bond acceptors (Lipinski definition) is 6. The summed E-state index contributed by atoms with van der Waals surface area (Å²) in [4.78, 5) is 0. The van der Waals surface area contributed by atoms with Crippen molar-refractivity contribution in [2.45, 2.75) is 102 Å². The molecular weight excluding hydrogens is 384 g/mol. The van der Waals surface area contributed by atoms with Gasteiger partial charge in [-0.3, -0.25) is 0 Å². The van der Waals surface area contributed by atoms with E-state index < -0.39 is 40.2 Å². The van der Waals surface area contributed by atoms with Gasteiger partial charge in [0.2, 0.25) is 0 Å². The number of rotatable bonds is 2. The molecule has 2 heterocycles. The molecule has 30 heavy (non-hydrogen) atoms. The molecule has 170 valence electrons. The maximum Gasteiger partial charge on any atom is 0.163 e. The van der Waals surface area contributed by atoms with Crippen LogP contribution in [0.2, 0.25) is 0 Å². The van der Waals surface area contributed by atoms with Crippen LogP contribution >= 0.6 is 0 Å². The van der Waals surface area contributed by atoms with Crippen LogP contribution in [0, 0.1) is 16.7 Å². The standard InChI is InChI=1S/C24H38O6/c1-10-21(6)13-15(27-9)24(26)22(7)14(25)11-12-19(2,3)17(22)16-18(23(24,8)30-21)29-20(4,5)28-16/h10,13-14,16-18,25-26H,1,11-12H2,2-9H3/t14-,16-,17-,18-,21-,22-,23+,24-/m0/s1. The summed E-state index contributed by atoms with van der Waals surface area (Å²) in [6.45, 7) is 17.8. The predicted molar refractivity (Wildman–Crippen MR) is 113 cm³/mol. The third-order valence-electron chi connectivity index (χ3n) is 8.57. The Labute approximate surface area is 180 Å². The maximum absolute atomic E-state index is 12.7. The molecule has 6 nitrogen and oxygen atoms in total. The Kier molecular flexibility index (Phi) is 4.53. The predicted octanol–water partition coefficient (Wildman–Crippen LogP) is 3.32. The van der Waals surface area contributed by atoms with Crippen molar-refractivity contribution in [3.8, 4) is 0 Å². The molecule has 3 fully saturated rings. The number of fused-ring (bicyclic) bond motifs is 6. The summed E-state index contributed by atoms with van der Waals surface area (Å²) in [5.74, 6) is -0.644. The number of hydrogen-bond donors (Lipinski definition) is 2. The van der Waals surface area contributed by atoms with Crippen LogP contribution in [0.5, 0.6) is 0 Å². The Bertz CT molecular complexity index is 789. The smallest absolute Gasteiger partial charge is 0.163 e. The van der Waals surface area contributed by atoms with Crippen molar-refractivity contribution >= 4 is 0 Å². The normalized spacial score (nSPS) is 53.7. The molecule has 1 saturated heterocycles. The van der Waals surface area contributed by atoms with Gasteiger partial charge in [0, 0.05) is 11.3 Å². The van der Waals surface area contributed by atoms with Crippen LogP contribution in [0.15, 0.2) is 24.5 Å². The monoisotopic (exact) mass is 422 g/mol. The Morgan fingerprint density at radius 1 is 1.13 bits per heavy atom. The fraction of sp³-hybridized carbons (Fsp3) is 0.833. The van der Waals surface area contributed by atoms with E-state index in [2.05, 4.69) is 20.4 Å². The molecular formula is C24H38O6. The number of aliphatic hydroxyl groups is 2. The first-order chi connectivity index (χ1) is 13.6. The Morgan fingerprint density at radius 3 is 2.33 bits per heavy atom. The number of ether oxygens (including phenoxy) is 4. The molecule has 0 amide bonds. The molecule has 0 aromatic rings. The van der Waals surface area contributed by atoms with E-state index in [-0.39, 0.29) is 17.4 Å². The van der Waals surface area contributed by atoms with Gasteiger partial charge in [0.1, 0.15) is 23.1 Å². The zero-order valence-electron chi connectivity index (χ0n) is 19.6. The molecule has 0 radical (unpaired) electrons. The van der Waals surface area contributed by atoms with Crippen LogP contribution < -0.4 is 0 Å². The van der Waals surface area contributed by atoms with Gasteiger partial charge in [-0.15, -0.1) is 0 Å². The van der Waals surface area contributed by atoms with Crippen molar-refractivity contribution in [2.75, 3.05) is 7.11 Å². The van der Waals surface area contributed by atoms with Gasteiger partial charge >= 0.3 is 0 Å². The zero-order chi connectivity index (χ0) is 22.5. The average molecular weight is 423 g/mol. The highest BCUT2D eigenvalue weighted by atomic mass is 16.8. The van der Waals surface area contributed by atoms with Crippen molar-refractivity contribution in [3.63, 3.8) is 0 Å². The molecule has 0 spiro atoms. The largest absolute Gasteiger partial charge is 0.498 e. The Hall–Kier alpha value is -0.920. The summed E-state index contributed by atoms with van der Waals surface area (Å²) in [5.41, 5.74) is -4.93. The quantitative estimate of drug-likeness (QED) is 0.665. The molecule has 2 saturated carbocycles. The second-order valence-corrected chi connectivity index (χ2v) is 11.3. The van der Waals surface area contributed by atoms with Crippen LogP contribution in [0.25, 0.3) is 0 Å². The lowest BCUT2D eigenvalue weighted by atomic mass is 9.40. The van der Waals surface area contributed by atoms with E-state index in [9.17, 15) is 10.2 Å². The van der Waals surface area contributed by atoms with E-state index in [1.807, 2.05) is 34.6 Å². The van der Waals surface area contributed by atoms with E-state index in [0.717, 1.165) is 6.42 Å². The van der Waals surface area contributed by atoms with E-state index >= 15 is 0 Å². The van der Waals surface area contributed by atoms with Crippen LogP contribution in [0.4, 0.5) is 0 Å². The summed E-state index contributed by atoms with van der Waals surface area (Å²) >= 11 is 0. The molecule has 0 unspecified atom stereocenters. The molecule has 0 bridgehead atoms. The second kappa shape index (κ2) is 6.10. The van der Waals surface area contributed by atoms with E-state index in [1.54, 1.807) is 19.3 Å². The van der Waals surface area contributed by atoms with Gasteiger partial charge < -0.3 is 29.2 Å². The van der Waals surface area contributed by atoms with Crippen LogP contribution in [0.1, 0.15) is 61.3 Å². The summed E-state index contributed by atoms with van der Waals surface area (Å²) in [5, 5.41) is 24.1. The second-order valence-electron chi connectivity index (χ2n) is 11.3. The maximum atomic E-state index is 12.7. The minimum Gasteiger partial charge on any atom is -0.498 e. The SMILES string of the molecule is C=C[C@@]1(C)C=C(OC)[C@]2(O)[C@@]3(C)[C@@H](O)CCC(C)(C)[C@@H]3[C@@H]3OC(C)(C)O[C@@H]3[C@@]2(C)O1. The summed E-state index contributed by atoms with van der Waals surface area (Å²) in [7, 11) is 1.56. The third-order valence-corrected chi connectivity index (χ3v) is 8.57. The first kappa shape index (κ1) is 22.3. The molecule has 2 N–H and O–H groups in total. The highest BCUT2D eigenvalue weighted by Crippen LogP contribution is 2.70. The van der Waals surface area contributed by atoms with Crippen LogP contribution in [0.3, 0.4) is 0 Å². The molecule has 0 aromatic carbocycles. The lowest BCUT2D eigenvalue weighted by molar-refractivity contribution is -0.357. The van der Waals surface area contributed by atoms with Crippen molar-refractivity contribution in [1.82, 2.24) is 0 Å². The van der Waals surface area contributed by atoms with E-state index in [4.69, 9.17) is 18.9 Å². The highest BCUT2D eigenvalue weighted by Gasteiger charge is 2.81. The van der Waals surface area contributed by atoms with Gasteiger partial charge in [0.25, 0.3) is 0 Å². The van der Waals surface area contributed by atoms with Gasteiger partial charge in [-0.1, -0.05) is 33.4 Å². The molecule has 2 aliphatic carbocycles. The van der Waals surface area contributed by atoms with Crippen molar-refractivity contribution < 1.29 is 29.2 Å². The van der Waals surface area contributed by atoms with Crippen molar-refractivity contribution in [2.24, 2.45) is 16.7 Å². The fourth-order valence-electron chi connectivity index (χ4n) is 7.23. The lowest BCUT2D eigenvalue weighted by Gasteiger charge is -2.70. The number of methoxy groups -OCH3 is 1. The first-order valence-corrected chi connectivity index (χ1v) is 11.0. The molecule has 4 aliphatic rings. The Balaban J connectivity index is 2.06. The van der Waals surface area contributed by atoms with Crippen molar-refractivity contribution in [3.05, 3.63) is 24.5 Å². The van der Waals surface area contributed by atoms with Gasteiger partial charge in [-0.25, -0.2) is 0 Å². The third kappa shape index (κ3) is 2.43. The average Bonchev–Trinajstić information content (AvgIpc) is 2.96. The van der Waals surface area contributed by atoms with Gasteiger partial charge in [-0.05, 0) is 52.0 Å². The molecule has 6 heteroatoms. The van der Waals surface area contributed by atoms with Gasteiger partial charge in [-0.2, -0.15) is 0 Å². The fourth-order valence-corrected chi connectivity index (χ4v) is 7.23. The topological polar surface area (TPSA) is 77.4 Å². The summed E-state index contributed by atoms with van der Waals surface area (Å²) in [6, 6.07) is 0. The summed E-state index contributed by atoms with van der Waals surface area (Å²) < 4.78 is 25.4. The minimum absolute atomic E-state index is 0.186.